The number of aliphatic hydroxyl groups is 2. The fourth-order valence-corrected chi connectivity index (χ4v) is 4.99. The van der Waals surface area contributed by atoms with Crippen LogP contribution in [0.2, 0.25) is 13.1 Å². The van der Waals surface area contributed by atoms with Gasteiger partial charge in [-0.05, 0) is 72.4 Å². The molecule has 1 unspecified atom stereocenters. The fraction of sp³-hybridized carbons (Fsp3) is 0.913. The monoisotopic (exact) mass is 475 g/mol. The summed E-state index contributed by atoms with van der Waals surface area (Å²) < 4.78 is 17.4. The van der Waals surface area contributed by atoms with Gasteiger partial charge in [-0.3, -0.25) is 4.90 Å². The molecular weight excluding hydrogens is 430 g/mol. The smallest absolute Gasteiger partial charge is 0.411 e. The molecular formula is C23H45NO7Si. The van der Waals surface area contributed by atoms with E-state index in [2.05, 4.69) is 0 Å². The zero-order valence-corrected chi connectivity index (χ0v) is 23.0. The van der Waals surface area contributed by atoms with Crippen LogP contribution < -0.4 is 0 Å². The van der Waals surface area contributed by atoms with E-state index in [0.29, 0.717) is 0 Å². The molecule has 1 rings (SSSR count). The number of aliphatic hydroxyl groups excluding tert-OH is 2. The number of nitrogens with zero attached hydrogens (tertiary/aromatic N) is 1. The highest BCUT2D eigenvalue weighted by molar-refractivity contribution is 6.48. The molecule has 0 saturated carbocycles. The van der Waals surface area contributed by atoms with E-state index in [1.807, 2.05) is 33.9 Å². The second-order valence-electron chi connectivity index (χ2n) is 12.1. The van der Waals surface area contributed by atoms with Gasteiger partial charge in [0.25, 0.3) is 0 Å². The first-order chi connectivity index (χ1) is 14.3. The van der Waals surface area contributed by atoms with Crippen molar-refractivity contribution in [3.8, 4) is 0 Å². The third-order valence-electron chi connectivity index (χ3n) is 5.53. The van der Waals surface area contributed by atoms with Gasteiger partial charge in [-0.25, -0.2) is 9.59 Å². The fourth-order valence-electron chi connectivity index (χ4n) is 4.39. The summed E-state index contributed by atoms with van der Waals surface area (Å²) in [5.74, 6) is -0.929. The van der Waals surface area contributed by atoms with Gasteiger partial charge in [-0.1, -0.05) is 20.8 Å². The van der Waals surface area contributed by atoms with E-state index in [4.69, 9.17) is 13.9 Å². The minimum atomic E-state index is -1.57. The Kier molecular flexibility index (Phi) is 9.01. The summed E-state index contributed by atoms with van der Waals surface area (Å²) in [5, 5.41) is 21.3. The van der Waals surface area contributed by atoms with Gasteiger partial charge in [0.1, 0.15) is 28.9 Å². The van der Waals surface area contributed by atoms with Crippen LogP contribution in [0.3, 0.4) is 0 Å². The van der Waals surface area contributed by atoms with Crippen LogP contribution in [-0.4, -0.2) is 78.3 Å². The van der Waals surface area contributed by atoms with E-state index < -0.39 is 62.0 Å². The van der Waals surface area contributed by atoms with Crippen LogP contribution in [0.15, 0.2) is 0 Å². The molecule has 32 heavy (non-hydrogen) atoms. The van der Waals surface area contributed by atoms with Gasteiger partial charge >= 0.3 is 12.1 Å². The highest BCUT2D eigenvalue weighted by Crippen LogP contribution is 2.51. The molecule has 0 spiro atoms. The van der Waals surface area contributed by atoms with E-state index in [0.717, 1.165) is 0 Å². The van der Waals surface area contributed by atoms with Crippen molar-refractivity contribution >= 4 is 21.1 Å². The standard InChI is InChI=1S/C23H45NO7Si/c1-20(2,3)16-12-15(18(27)30-21(4,5)6)24(19(28)31-22(7,8)9)23(16,17(26)13-25)14-29-32(10)11/h15-17,25-26,32H,12-14H2,1-11H3/t15-,16-,17?,23+/m1/s1. The number of carbonyl (C=O) groups excluding carboxylic acids is 2. The molecule has 0 aliphatic carbocycles. The second kappa shape index (κ2) is 9.99. The number of esters is 1. The highest BCUT2D eigenvalue weighted by atomic mass is 28.3. The lowest BCUT2D eigenvalue weighted by atomic mass is 9.67. The summed E-state index contributed by atoms with van der Waals surface area (Å²) in [7, 11) is -1.57. The maximum Gasteiger partial charge on any atom is 0.411 e. The van der Waals surface area contributed by atoms with Crippen LogP contribution in [0.5, 0.6) is 0 Å². The topological polar surface area (TPSA) is 106 Å². The van der Waals surface area contributed by atoms with Crippen LogP contribution in [0.25, 0.3) is 0 Å². The van der Waals surface area contributed by atoms with E-state index in [1.165, 1.54) is 4.90 Å². The third kappa shape index (κ3) is 6.92. The molecule has 9 heteroatoms. The van der Waals surface area contributed by atoms with Gasteiger partial charge < -0.3 is 24.1 Å². The molecule has 1 saturated heterocycles. The van der Waals surface area contributed by atoms with Crippen molar-refractivity contribution < 1.29 is 33.7 Å². The maximum absolute atomic E-state index is 13.6. The predicted molar refractivity (Wildman–Crippen MR) is 126 cm³/mol. The first-order valence-electron chi connectivity index (χ1n) is 11.4. The van der Waals surface area contributed by atoms with Gasteiger partial charge in [-0.2, -0.15) is 0 Å². The lowest BCUT2D eigenvalue weighted by Crippen LogP contribution is -2.67. The minimum Gasteiger partial charge on any atom is -0.458 e. The van der Waals surface area contributed by atoms with Crippen molar-refractivity contribution in [2.45, 2.75) is 111 Å². The Morgan fingerprint density at radius 3 is 1.91 bits per heavy atom. The summed E-state index contributed by atoms with van der Waals surface area (Å²) in [6.07, 6.45) is -1.81. The summed E-state index contributed by atoms with van der Waals surface area (Å²) in [6, 6.07) is -0.980. The average molecular weight is 476 g/mol. The number of carbonyl (C=O) groups is 2. The first-order valence-corrected chi connectivity index (χ1v) is 14.2. The Morgan fingerprint density at radius 1 is 1.03 bits per heavy atom. The lowest BCUT2D eigenvalue weighted by Gasteiger charge is -2.49. The largest absolute Gasteiger partial charge is 0.458 e. The van der Waals surface area contributed by atoms with E-state index in [9.17, 15) is 19.8 Å². The number of likely N-dealkylation sites (tertiary alicyclic amines) is 1. The van der Waals surface area contributed by atoms with Crippen molar-refractivity contribution in [1.29, 1.82) is 0 Å². The average Bonchev–Trinajstić information content (AvgIpc) is 2.93. The molecule has 0 bridgehead atoms. The molecule has 8 nitrogen and oxygen atoms in total. The van der Waals surface area contributed by atoms with Crippen LogP contribution in [-0.2, 0) is 18.7 Å². The normalized spacial score (nSPS) is 25.8. The lowest BCUT2D eigenvalue weighted by molar-refractivity contribution is -0.164. The van der Waals surface area contributed by atoms with Gasteiger partial charge in [0, 0.05) is 0 Å². The van der Waals surface area contributed by atoms with Crippen molar-refractivity contribution in [1.82, 2.24) is 4.90 Å². The van der Waals surface area contributed by atoms with E-state index >= 15 is 0 Å². The van der Waals surface area contributed by atoms with Crippen LogP contribution >= 0.6 is 0 Å². The Balaban J connectivity index is 3.75. The number of ether oxygens (including phenoxy) is 2. The number of rotatable bonds is 6. The summed E-state index contributed by atoms with van der Waals surface area (Å²) >= 11 is 0. The van der Waals surface area contributed by atoms with Crippen molar-refractivity contribution in [2.24, 2.45) is 11.3 Å². The van der Waals surface area contributed by atoms with Crippen LogP contribution in [0.1, 0.15) is 68.7 Å². The van der Waals surface area contributed by atoms with Gasteiger partial charge in [0.2, 0.25) is 0 Å². The van der Waals surface area contributed by atoms with Gasteiger partial charge in [-0.15, -0.1) is 0 Å². The van der Waals surface area contributed by atoms with Crippen LogP contribution in [0.4, 0.5) is 4.79 Å². The van der Waals surface area contributed by atoms with Crippen molar-refractivity contribution in [3.05, 3.63) is 0 Å². The van der Waals surface area contributed by atoms with Crippen molar-refractivity contribution in [2.75, 3.05) is 13.2 Å². The molecule has 0 aromatic rings. The number of amides is 1. The third-order valence-corrected chi connectivity index (χ3v) is 6.37. The molecule has 1 aliphatic rings. The summed E-state index contributed by atoms with van der Waals surface area (Å²) in [4.78, 5) is 28.2. The molecule has 0 aromatic carbocycles. The number of hydrogen-bond acceptors (Lipinski definition) is 7. The number of hydrogen-bond donors (Lipinski definition) is 2. The van der Waals surface area contributed by atoms with E-state index in [-0.39, 0.29) is 18.9 Å². The molecule has 0 radical (unpaired) electrons. The predicted octanol–water partition coefficient (Wildman–Crippen LogP) is 3.09. The van der Waals surface area contributed by atoms with Crippen molar-refractivity contribution in [3.63, 3.8) is 0 Å². The summed E-state index contributed by atoms with van der Waals surface area (Å²) in [5.41, 5.74) is -3.35. The molecule has 1 amide bonds. The molecule has 2 N–H and O–H groups in total. The zero-order chi connectivity index (χ0) is 25.3. The molecule has 0 aromatic heterocycles. The minimum absolute atomic E-state index is 0.000900. The Bertz CT molecular complexity index is 663. The second-order valence-corrected chi connectivity index (χ2v) is 14.5. The maximum atomic E-state index is 13.6. The van der Waals surface area contributed by atoms with Crippen LogP contribution in [0, 0.1) is 11.3 Å². The molecule has 4 atom stereocenters. The zero-order valence-electron chi connectivity index (χ0n) is 21.8. The van der Waals surface area contributed by atoms with Gasteiger partial charge in [0.15, 0.2) is 9.04 Å². The Morgan fingerprint density at radius 2 is 1.53 bits per heavy atom. The Labute approximate surface area is 195 Å². The summed E-state index contributed by atoms with van der Waals surface area (Å²) in [6.45, 7) is 19.9. The molecule has 1 heterocycles. The van der Waals surface area contributed by atoms with E-state index in [1.54, 1.807) is 41.5 Å². The Hall–Kier alpha value is -1.16. The van der Waals surface area contributed by atoms with Gasteiger partial charge in [0.05, 0.1) is 13.2 Å². The first kappa shape index (κ1) is 28.9. The molecule has 1 aliphatic heterocycles. The quantitative estimate of drug-likeness (QED) is 0.449. The molecule has 188 valence electrons. The molecule has 1 fully saturated rings. The highest BCUT2D eigenvalue weighted by Gasteiger charge is 2.65. The SMILES string of the molecule is C[SiH](C)OC[C@@]1(C(O)CO)[C@@H](C(C)(C)C)C[C@H](C(=O)OC(C)(C)C)N1C(=O)OC(C)(C)C.